The van der Waals surface area contributed by atoms with Crippen molar-refractivity contribution in [2.45, 2.75) is 38.5 Å². The molecule has 2 aliphatic rings. The molecule has 0 aromatic carbocycles. The molecule has 3 heteroatoms. The maximum Gasteiger partial charge on any atom is 0.124 e. The lowest BCUT2D eigenvalue weighted by Crippen LogP contribution is -2.10. The number of rotatable bonds is 1. The molecule has 1 heterocycles. The molecule has 1 aromatic rings. The van der Waals surface area contributed by atoms with Gasteiger partial charge in [-0.2, -0.15) is 5.10 Å². The van der Waals surface area contributed by atoms with Crippen LogP contribution in [0.25, 0.3) is 0 Å². The van der Waals surface area contributed by atoms with E-state index >= 15 is 0 Å². The lowest BCUT2D eigenvalue weighted by atomic mass is 9.85. The lowest BCUT2D eigenvalue weighted by Gasteiger charge is -2.20. The number of nitrogens with two attached hydrogens (primary N) is 1. The van der Waals surface area contributed by atoms with Gasteiger partial charge in [-0.1, -0.05) is 6.42 Å². The van der Waals surface area contributed by atoms with Gasteiger partial charge in [-0.05, 0) is 38.0 Å². The first kappa shape index (κ1) is 9.25. The van der Waals surface area contributed by atoms with Crippen LogP contribution in [0.15, 0.2) is 0 Å². The summed E-state index contributed by atoms with van der Waals surface area (Å²) in [6.45, 7) is 2.11. The summed E-state index contributed by atoms with van der Waals surface area (Å²) < 4.78 is 1.83. The molecule has 0 spiro atoms. The van der Waals surface area contributed by atoms with Crippen molar-refractivity contribution in [3.05, 3.63) is 11.3 Å². The molecule has 82 valence electrons. The van der Waals surface area contributed by atoms with Crippen molar-refractivity contribution in [1.29, 1.82) is 0 Å². The van der Waals surface area contributed by atoms with Gasteiger partial charge in [0.05, 0.1) is 5.69 Å². The largest absolute Gasteiger partial charge is 0.384 e. The Labute approximate surface area is 90.7 Å². The zero-order valence-electron chi connectivity index (χ0n) is 9.53. The number of aromatic nitrogens is 2. The average Bonchev–Trinajstić information content (AvgIpc) is 2.89. The van der Waals surface area contributed by atoms with Gasteiger partial charge < -0.3 is 5.73 Å². The molecule has 0 aliphatic heterocycles. The Morgan fingerprint density at radius 2 is 2.13 bits per heavy atom. The average molecular weight is 205 g/mol. The summed E-state index contributed by atoms with van der Waals surface area (Å²) in [4.78, 5) is 0. The number of nitrogens with zero attached hydrogens (tertiary/aromatic N) is 2. The summed E-state index contributed by atoms with van der Waals surface area (Å²) in [5.74, 6) is 3.41. The van der Waals surface area contributed by atoms with Crippen molar-refractivity contribution >= 4 is 5.82 Å². The normalized spacial score (nSPS) is 33.9. The first-order valence-corrected chi connectivity index (χ1v) is 5.95. The van der Waals surface area contributed by atoms with E-state index in [9.17, 15) is 0 Å². The van der Waals surface area contributed by atoms with Crippen LogP contribution in [-0.2, 0) is 7.05 Å². The molecule has 3 nitrogen and oxygen atoms in total. The molecule has 3 unspecified atom stereocenters. The van der Waals surface area contributed by atoms with Crippen molar-refractivity contribution in [2.24, 2.45) is 18.9 Å². The van der Waals surface area contributed by atoms with Crippen molar-refractivity contribution in [1.82, 2.24) is 9.78 Å². The van der Waals surface area contributed by atoms with E-state index < -0.39 is 0 Å². The van der Waals surface area contributed by atoms with Crippen LogP contribution in [0.5, 0.6) is 0 Å². The maximum absolute atomic E-state index is 5.97. The number of hydrogen-bond donors (Lipinski definition) is 1. The van der Waals surface area contributed by atoms with Crippen molar-refractivity contribution in [3.8, 4) is 0 Å². The Hall–Kier alpha value is -0.990. The Morgan fingerprint density at radius 1 is 1.33 bits per heavy atom. The highest BCUT2D eigenvalue weighted by atomic mass is 15.3. The predicted octanol–water partition coefficient (Wildman–Crippen LogP) is 2.21. The standard InChI is InChI=1S/C12H19N3/c1-7-11(14-15(2)12(7)13)10-6-8-3-4-9(10)5-8/h8-10H,3-6,13H2,1-2H3. The van der Waals surface area contributed by atoms with Crippen LogP contribution in [0.4, 0.5) is 5.82 Å². The zero-order chi connectivity index (χ0) is 10.6. The van der Waals surface area contributed by atoms with E-state index in [-0.39, 0.29) is 0 Å². The summed E-state index contributed by atoms with van der Waals surface area (Å²) in [5, 5.41) is 4.60. The second-order valence-corrected chi connectivity index (χ2v) is 5.30. The van der Waals surface area contributed by atoms with E-state index in [4.69, 9.17) is 5.73 Å². The molecule has 0 radical (unpaired) electrons. The van der Waals surface area contributed by atoms with Crippen LogP contribution >= 0.6 is 0 Å². The van der Waals surface area contributed by atoms with Crippen LogP contribution < -0.4 is 5.73 Å². The van der Waals surface area contributed by atoms with Gasteiger partial charge in [0.15, 0.2) is 0 Å². The third kappa shape index (κ3) is 1.22. The Bertz CT molecular complexity index is 394. The monoisotopic (exact) mass is 205 g/mol. The van der Waals surface area contributed by atoms with Crippen molar-refractivity contribution < 1.29 is 0 Å². The number of nitrogen functional groups attached to an aromatic ring is 1. The van der Waals surface area contributed by atoms with Crippen LogP contribution in [0.3, 0.4) is 0 Å². The Kier molecular flexibility index (Phi) is 1.85. The SMILES string of the molecule is Cc1c(C2CC3CCC2C3)nn(C)c1N. The van der Waals surface area contributed by atoms with E-state index in [1.165, 1.54) is 36.9 Å². The minimum absolute atomic E-state index is 0.701. The topological polar surface area (TPSA) is 43.8 Å². The van der Waals surface area contributed by atoms with Crippen LogP contribution in [-0.4, -0.2) is 9.78 Å². The fourth-order valence-corrected chi connectivity index (χ4v) is 3.60. The first-order chi connectivity index (χ1) is 7.16. The van der Waals surface area contributed by atoms with Gasteiger partial charge in [-0.3, -0.25) is 4.68 Å². The van der Waals surface area contributed by atoms with Crippen molar-refractivity contribution in [3.63, 3.8) is 0 Å². The van der Waals surface area contributed by atoms with E-state index in [0.29, 0.717) is 5.92 Å². The number of aryl methyl sites for hydroxylation is 1. The van der Waals surface area contributed by atoms with Gasteiger partial charge in [0.1, 0.15) is 5.82 Å². The van der Waals surface area contributed by atoms with E-state index in [2.05, 4.69) is 12.0 Å². The van der Waals surface area contributed by atoms with Crippen LogP contribution in [0, 0.1) is 18.8 Å². The molecule has 2 saturated carbocycles. The quantitative estimate of drug-likeness (QED) is 0.764. The highest BCUT2D eigenvalue weighted by molar-refractivity contribution is 5.44. The number of anilines is 1. The second kappa shape index (κ2) is 3.00. The van der Waals surface area contributed by atoms with Gasteiger partial charge in [-0.25, -0.2) is 0 Å². The van der Waals surface area contributed by atoms with Crippen molar-refractivity contribution in [2.75, 3.05) is 5.73 Å². The number of fused-ring (bicyclic) bond motifs is 2. The molecular weight excluding hydrogens is 186 g/mol. The molecule has 3 rings (SSSR count). The molecule has 15 heavy (non-hydrogen) atoms. The molecule has 0 amide bonds. The smallest absolute Gasteiger partial charge is 0.124 e. The second-order valence-electron chi connectivity index (χ2n) is 5.30. The van der Waals surface area contributed by atoms with Gasteiger partial charge in [-0.15, -0.1) is 0 Å². The Morgan fingerprint density at radius 3 is 2.60 bits per heavy atom. The summed E-state index contributed by atoms with van der Waals surface area (Å²) >= 11 is 0. The van der Waals surface area contributed by atoms with Gasteiger partial charge in [0, 0.05) is 18.5 Å². The first-order valence-electron chi connectivity index (χ1n) is 5.95. The molecule has 2 aliphatic carbocycles. The summed E-state index contributed by atoms with van der Waals surface area (Å²) in [6.07, 6.45) is 5.64. The highest BCUT2D eigenvalue weighted by Crippen LogP contribution is 2.53. The van der Waals surface area contributed by atoms with Crippen LogP contribution in [0.2, 0.25) is 0 Å². The molecule has 2 bridgehead atoms. The fraction of sp³-hybridized carbons (Fsp3) is 0.750. The molecular formula is C12H19N3. The minimum Gasteiger partial charge on any atom is -0.384 e. The minimum atomic E-state index is 0.701. The van der Waals surface area contributed by atoms with E-state index in [1.807, 2.05) is 11.7 Å². The third-order valence-electron chi connectivity index (χ3n) is 4.46. The Balaban J connectivity index is 1.96. The molecule has 2 N–H and O–H groups in total. The molecule has 2 fully saturated rings. The van der Waals surface area contributed by atoms with Gasteiger partial charge in [0.25, 0.3) is 0 Å². The molecule has 1 aromatic heterocycles. The number of hydrogen-bond acceptors (Lipinski definition) is 2. The van der Waals surface area contributed by atoms with Gasteiger partial charge >= 0.3 is 0 Å². The fourth-order valence-electron chi connectivity index (χ4n) is 3.60. The lowest BCUT2D eigenvalue weighted by molar-refractivity contribution is 0.409. The summed E-state index contributed by atoms with van der Waals surface area (Å²) in [7, 11) is 1.94. The van der Waals surface area contributed by atoms with Gasteiger partial charge in [0.2, 0.25) is 0 Å². The third-order valence-corrected chi connectivity index (χ3v) is 4.46. The maximum atomic E-state index is 5.97. The summed E-state index contributed by atoms with van der Waals surface area (Å²) in [5.41, 5.74) is 8.47. The van der Waals surface area contributed by atoms with E-state index in [1.54, 1.807) is 0 Å². The van der Waals surface area contributed by atoms with Crippen LogP contribution in [0.1, 0.15) is 42.9 Å². The van der Waals surface area contributed by atoms with E-state index in [0.717, 1.165) is 17.7 Å². The predicted molar refractivity (Wildman–Crippen MR) is 60.5 cm³/mol. The molecule has 0 saturated heterocycles. The zero-order valence-corrected chi connectivity index (χ0v) is 9.53. The highest BCUT2D eigenvalue weighted by Gasteiger charge is 2.42. The summed E-state index contributed by atoms with van der Waals surface area (Å²) in [6, 6.07) is 0. The molecule has 3 atom stereocenters.